The topological polar surface area (TPSA) is 49.4 Å². The molecule has 0 radical (unpaired) electrons. The van der Waals surface area contributed by atoms with E-state index in [0.717, 1.165) is 11.3 Å². The van der Waals surface area contributed by atoms with Crippen molar-refractivity contribution in [2.75, 3.05) is 11.4 Å². The number of amides is 2. The van der Waals surface area contributed by atoms with E-state index >= 15 is 0 Å². The highest BCUT2D eigenvalue weighted by Crippen LogP contribution is 2.27. The van der Waals surface area contributed by atoms with E-state index in [0.29, 0.717) is 24.0 Å². The lowest BCUT2D eigenvalue weighted by molar-refractivity contribution is -0.126. The molecule has 1 atom stereocenters. The summed E-state index contributed by atoms with van der Waals surface area (Å²) < 4.78 is 0. The van der Waals surface area contributed by atoms with Crippen molar-refractivity contribution < 1.29 is 9.59 Å². The van der Waals surface area contributed by atoms with Crippen molar-refractivity contribution in [3.8, 4) is 0 Å². The highest BCUT2D eigenvalue weighted by molar-refractivity contribution is 6.31. The number of carbonyl (C=O) groups is 2. The van der Waals surface area contributed by atoms with E-state index in [-0.39, 0.29) is 24.2 Å². The van der Waals surface area contributed by atoms with Gasteiger partial charge in [0.05, 0.1) is 5.92 Å². The second kappa shape index (κ2) is 7.92. The monoisotopic (exact) mass is 370 g/mol. The number of nitrogens with one attached hydrogen (secondary N) is 1. The Morgan fingerprint density at radius 3 is 2.62 bits per heavy atom. The Hall–Kier alpha value is -2.33. The van der Waals surface area contributed by atoms with E-state index in [1.807, 2.05) is 18.2 Å². The summed E-state index contributed by atoms with van der Waals surface area (Å²) >= 11 is 6.00. The summed E-state index contributed by atoms with van der Waals surface area (Å²) in [5, 5.41) is 3.53. The average Bonchev–Trinajstić information content (AvgIpc) is 3.02. The van der Waals surface area contributed by atoms with Gasteiger partial charge in [-0.25, -0.2) is 0 Å². The molecular weight excluding hydrogens is 348 g/mol. The molecule has 2 aromatic carbocycles. The molecule has 136 valence electrons. The molecule has 2 amide bonds. The fraction of sp³-hybridized carbons (Fsp3) is 0.333. The fourth-order valence-electron chi connectivity index (χ4n) is 3.13. The van der Waals surface area contributed by atoms with Crippen LogP contribution in [-0.2, 0) is 16.1 Å². The first-order chi connectivity index (χ1) is 12.4. The summed E-state index contributed by atoms with van der Waals surface area (Å²) in [5.41, 5.74) is 3.07. The molecule has 1 aliphatic rings. The minimum absolute atomic E-state index is 0.0475. The number of carbonyl (C=O) groups excluding carboxylic acids is 2. The molecular formula is C21H23ClN2O2. The molecule has 5 heteroatoms. The maximum atomic E-state index is 12.5. The molecule has 0 spiro atoms. The van der Waals surface area contributed by atoms with E-state index in [2.05, 4.69) is 31.3 Å². The quantitative estimate of drug-likeness (QED) is 0.860. The molecule has 0 unspecified atom stereocenters. The Labute approximate surface area is 159 Å². The third-order valence-electron chi connectivity index (χ3n) is 4.73. The SMILES string of the molecule is CC(C)c1ccc(CNC(=O)[C@H]2CC(=O)N(c3cccc(Cl)c3)C2)cc1. The van der Waals surface area contributed by atoms with Crippen molar-refractivity contribution in [3.63, 3.8) is 0 Å². The summed E-state index contributed by atoms with van der Waals surface area (Å²) in [7, 11) is 0. The number of hydrogen-bond acceptors (Lipinski definition) is 2. The first-order valence-electron chi connectivity index (χ1n) is 8.86. The number of halogens is 1. The molecule has 0 bridgehead atoms. The Bertz CT molecular complexity index is 802. The van der Waals surface area contributed by atoms with Crippen LogP contribution in [0.3, 0.4) is 0 Å². The fourth-order valence-corrected chi connectivity index (χ4v) is 3.32. The first-order valence-corrected chi connectivity index (χ1v) is 9.24. The smallest absolute Gasteiger partial charge is 0.227 e. The van der Waals surface area contributed by atoms with Crippen LogP contribution in [0.15, 0.2) is 48.5 Å². The molecule has 1 fully saturated rings. The summed E-state index contributed by atoms with van der Waals surface area (Å²) in [6, 6.07) is 15.4. The van der Waals surface area contributed by atoms with Gasteiger partial charge in [-0.05, 0) is 35.2 Å². The van der Waals surface area contributed by atoms with Gasteiger partial charge in [0, 0.05) is 30.2 Å². The van der Waals surface area contributed by atoms with Gasteiger partial charge in [0.15, 0.2) is 0 Å². The lowest BCUT2D eigenvalue weighted by Crippen LogP contribution is -2.32. The molecule has 4 nitrogen and oxygen atoms in total. The zero-order chi connectivity index (χ0) is 18.7. The zero-order valence-corrected chi connectivity index (χ0v) is 15.8. The van der Waals surface area contributed by atoms with E-state index in [4.69, 9.17) is 11.6 Å². The number of rotatable bonds is 5. The highest BCUT2D eigenvalue weighted by Gasteiger charge is 2.35. The summed E-state index contributed by atoms with van der Waals surface area (Å²) in [6.07, 6.45) is 0.227. The lowest BCUT2D eigenvalue weighted by atomic mass is 10.0. The molecule has 1 aliphatic heterocycles. The second-order valence-electron chi connectivity index (χ2n) is 7.00. The summed E-state index contributed by atoms with van der Waals surface area (Å²) in [6.45, 7) is 5.16. The van der Waals surface area contributed by atoms with Gasteiger partial charge in [-0.3, -0.25) is 9.59 Å². The standard InChI is InChI=1S/C21H23ClN2O2/c1-14(2)16-8-6-15(7-9-16)12-23-21(26)17-10-20(25)24(13-17)19-5-3-4-18(22)11-19/h3-9,11,14,17H,10,12-13H2,1-2H3,(H,23,26)/t17-/m0/s1. The molecule has 0 aromatic heterocycles. The predicted molar refractivity (Wildman–Crippen MR) is 104 cm³/mol. The van der Waals surface area contributed by atoms with Gasteiger partial charge in [0.1, 0.15) is 0 Å². The van der Waals surface area contributed by atoms with Crippen LogP contribution in [-0.4, -0.2) is 18.4 Å². The van der Waals surface area contributed by atoms with Gasteiger partial charge >= 0.3 is 0 Å². The van der Waals surface area contributed by atoms with Gasteiger partial charge in [-0.2, -0.15) is 0 Å². The van der Waals surface area contributed by atoms with Gasteiger partial charge in [-0.15, -0.1) is 0 Å². The normalized spacial score (nSPS) is 17.0. The minimum atomic E-state index is -0.337. The van der Waals surface area contributed by atoms with Crippen molar-refractivity contribution in [2.24, 2.45) is 5.92 Å². The van der Waals surface area contributed by atoms with Crippen molar-refractivity contribution in [1.82, 2.24) is 5.32 Å². The predicted octanol–water partition coefficient (Wildman–Crippen LogP) is 4.13. The van der Waals surface area contributed by atoms with E-state index in [1.165, 1.54) is 5.56 Å². The van der Waals surface area contributed by atoms with Crippen LogP contribution in [0.4, 0.5) is 5.69 Å². The van der Waals surface area contributed by atoms with Gasteiger partial charge in [0.25, 0.3) is 0 Å². The van der Waals surface area contributed by atoms with Gasteiger partial charge in [-0.1, -0.05) is 55.8 Å². The van der Waals surface area contributed by atoms with Crippen molar-refractivity contribution in [3.05, 3.63) is 64.7 Å². The Kier molecular flexibility index (Phi) is 5.62. The van der Waals surface area contributed by atoms with Crippen LogP contribution < -0.4 is 10.2 Å². The van der Waals surface area contributed by atoms with Crippen molar-refractivity contribution in [2.45, 2.75) is 32.7 Å². The molecule has 1 saturated heterocycles. The van der Waals surface area contributed by atoms with Crippen LogP contribution in [0, 0.1) is 5.92 Å². The lowest BCUT2D eigenvalue weighted by Gasteiger charge is -2.17. The van der Waals surface area contributed by atoms with Gasteiger partial charge in [0.2, 0.25) is 11.8 Å². The van der Waals surface area contributed by atoms with E-state index < -0.39 is 0 Å². The van der Waals surface area contributed by atoms with Crippen molar-refractivity contribution >= 4 is 29.1 Å². The minimum Gasteiger partial charge on any atom is -0.352 e. The summed E-state index contributed by atoms with van der Waals surface area (Å²) in [5.74, 6) is 0.0153. The molecule has 3 rings (SSSR count). The number of benzene rings is 2. The Balaban J connectivity index is 1.58. The molecule has 1 N–H and O–H groups in total. The average molecular weight is 371 g/mol. The Morgan fingerprint density at radius 1 is 1.23 bits per heavy atom. The summed E-state index contributed by atoms with van der Waals surface area (Å²) in [4.78, 5) is 26.4. The highest BCUT2D eigenvalue weighted by atomic mass is 35.5. The number of hydrogen-bond donors (Lipinski definition) is 1. The van der Waals surface area contributed by atoms with E-state index in [1.54, 1.807) is 23.1 Å². The number of nitrogens with zero attached hydrogens (tertiary/aromatic N) is 1. The zero-order valence-electron chi connectivity index (χ0n) is 15.0. The van der Waals surface area contributed by atoms with Gasteiger partial charge < -0.3 is 10.2 Å². The molecule has 0 aliphatic carbocycles. The molecule has 26 heavy (non-hydrogen) atoms. The van der Waals surface area contributed by atoms with Crippen molar-refractivity contribution in [1.29, 1.82) is 0 Å². The molecule has 0 saturated carbocycles. The molecule has 2 aromatic rings. The van der Waals surface area contributed by atoms with Crippen LogP contribution in [0.1, 0.15) is 37.3 Å². The van der Waals surface area contributed by atoms with Crippen LogP contribution in [0.2, 0.25) is 5.02 Å². The van der Waals surface area contributed by atoms with E-state index in [9.17, 15) is 9.59 Å². The first kappa shape index (κ1) is 18.5. The third-order valence-corrected chi connectivity index (χ3v) is 4.96. The third kappa shape index (κ3) is 4.25. The molecule has 1 heterocycles. The number of anilines is 1. The van der Waals surface area contributed by atoms with Crippen LogP contribution in [0.25, 0.3) is 0 Å². The van der Waals surface area contributed by atoms with Crippen LogP contribution in [0.5, 0.6) is 0 Å². The Morgan fingerprint density at radius 2 is 1.96 bits per heavy atom. The largest absolute Gasteiger partial charge is 0.352 e. The second-order valence-corrected chi connectivity index (χ2v) is 7.44. The maximum Gasteiger partial charge on any atom is 0.227 e. The maximum absolute atomic E-state index is 12.5. The van der Waals surface area contributed by atoms with Crippen LogP contribution >= 0.6 is 11.6 Å².